The number of imidazole rings is 1. The summed E-state index contributed by atoms with van der Waals surface area (Å²) < 4.78 is 3.56. The maximum atomic E-state index is 9.22. The highest BCUT2D eigenvalue weighted by atomic mass is 15.3. The van der Waals surface area contributed by atoms with E-state index in [2.05, 4.69) is 21.1 Å². The number of pyridine rings is 2. The number of hydrogen-bond donors (Lipinski definition) is 0. The molecule has 0 unspecified atom stereocenters. The first-order chi connectivity index (χ1) is 11.7. The van der Waals surface area contributed by atoms with Gasteiger partial charge in [-0.3, -0.25) is 14.1 Å². The molecule has 6 nitrogen and oxygen atoms in total. The summed E-state index contributed by atoms with van der Waals surface area (Å²) in [5.74, 6) is 0. The van der Waals surface area contributed by atoms with E-state index < -0.39 is 0 Å². The standard InChI is InChI=1S/C18H14N6/c1-12-4-3-5-16(21-12)18-15(11-23(2)22-18)13-6-7-17-20-9-14(8-19)24(17)10-13/h3-7,9-11H,1-2H3. The van der Waals surface area contributed by atoms with Crippen LogP contribution in [0.25, 0.3) is 28.2 Å². The number of hydrogen-bond acceptors (Lipinski definition) is 4. The zero-order valence-corrected chi connectivity index (χ0v) is 13.3. The molecular weight excluding hydrogens is 300 g/mol. The average Bonchev–Trinajstić information content (AvgIpc) is 3.17. The fourth-order valence-electron chi connectivity index (χ4n) is 2.79. The van der Waals surface area contributed by atoms with E-state index in [9.17, 15) is 5.26 Å². The minimum Gasteiger partial charge on any atom is -0.291 e. The molecule has 116 valence electrons. The fourth-order valence-corrected chi connectivity index (χ4v) is 2.79. The van der Waals surface area contributed by atoms with E-state index in [1.807, 2.05) is 56.7 Å². The molecule has 0 N–H and O–H groups in total. The molecule has 4 aromatic rings. The largest absolute Gasteiger partial charge is 0.291 e. The Labute approximate surface area is 138 Å². The molecule has 4 heterocycles. The van der Waals surface area contributed by atoms with E-state index in [0.717, 1.165) is 33.9 Å². The number of rotatable bonds is 2. The molecule has 0 fully saturated rings. The molecule has 0 radical (unpaired) electrons. The molecule has 0 atom stereocenters. The van der Waals surface area contributed by atoms with Gasteiger partial charge < -0.3 is 0 Å². The van der Waals surface area contributed by atoms with E-state index in [1.54, 1.807) is 15.3 Å². The molecule has 0 saturated heterocycles. The van der Waals surface area contributed by atoms with Crippen molar-refractivity contribution in [2.75, 3.05) is 0 Å². The Morgan fingerprint density at radius 1 is 1.12 bits per heavy atom. The highest BCUT2D eigenvalue weighted by molar-refractivity contribution is 5.79. The van der Waals surface area contributed by atoms with Crippen LogP contribution >= 0.6 is 0 Å². The Morgan fingerprint density at radius 3 is 2.79 bits per heavy atom. The maximum absolute atomic E-state index is 9.22. The molecule has 6 heteroatoms. The van der Waals surface area contributed by atoms with Gasteiger partial charge >= 0.3 is 0 Å². The van der Waals surface area contributed by atoms with Crippen LogP contribution in [-0.4, -0.2) is 24.1 Å². The van der Waals surface area contributed by atoms with Crippen LogP contribution in [0.5, 0.6) is 0 Å². The van der Waals surface area contributed by atoms with Crippen LogP contribution < -0.4 is 0 Å². The molecular formula is C18H14N6. The highest BCUT2D eigenvalue weighted by Gasteiger charge is 2.14. The first kappa shape index (κ1) is 14.2. The molecule has 0 spiro atoms. The van der Waals surface area contributed by atoms with Crippen molar-refractivity contribution in [3.05, 3.63) is 60.3 Å². The van der Waals surface area contributed by atoms with E-state index in [0.29, 0.717) is 5.69 Å². The number of aromatic nitrogens is 5. The van der Waals surface area contributed by atoms with Gasteiger partial charge in [-0.1, -0.05) is 6.07 Å². The minimum atomic E-state index is 0.506. The van der Waals surface area contributed by atoms with Crippen molar-refractivity contribution in [2.45, 2.75) is 6.92 Å². The number of fused-ring (bicyclic) bond motifs is 1. The predicted molar refractivity (Wildman–Crippen MR) is 90.1 cm³/mol. The quantitative estimate of drug-likeness (QED) is 0.570. The van der Waals surface area contributed by atoms with Gasteiger partial charge in [0, 0.05) is 36.3 Å². The Balaban J connectivity index is 1.93. The van der Waals surface area contributed by atoms with Gasteiger partial charge in [0.25, 0.3) is 0 Å². The van der Waals surface area contributed by atoms with Crippen molar-refractivity contribution in [1.29, 1.82) is 5.26 Å². The molecule has 4 aromatic heterocycles. The Morgan fingerprint density at radius 2 is 2.00 bits per heavy atom. The van der Waals surface area contributed by atoms with Crippen molar-refractivity contribution in [3.63, 3.8) is 0 Å². The third-order valence-electron chi connectivity index (χ3n) is 3.89. The summed E-state index contributed by atoms with van der Waals surface area (Å²) >= 11 is 0. The van der Waals surface area contributed by atoms with Gasteiger partial charge in [-0.2, -0.15) is 10.4 Å². The van der Waals surface area contributed by atoms with Crippen LogP contribution in [0.3, 0.4) is 0 Å². The van der Waals surface area contributed by atoms with Gasteiger partial charge in [0.1, 0.15) is 23.1 Å². The van der Waals surface area contributed by atoms with E-state index in [-0.39, 0.29) is 0 Å². The summed E-state index contributed by atoms with van der Waals surface area (Å²) in [7, 11) is 1.89. The van der Waals surface area contributed by atoms with Crippen molar-refractivity contribution in [3.8, 4) is 28.6 Å². The van der Waals surface area contributed by atoms with Crippen molar-refractivity contribution >= 4 is 5.65 Å². The van der Waals surface area contributed by atoms with Gasteiger partial charge in [-0.25, -0.2) is 4.98 Å². The first-order valence-corrected chi connectivity index (χ1v) is 7.51. The van der Waals surface area contributed by atoms with Crippen LogP contribution in [0.1, 0.15) is 11.4 Å². The summed E-state index contributed by atoms with van der Waals surface area (Å²) in [5.41, 5.74) is 5.77. The van der Waals surface area contributed by atoms with Crippen LogP contribution in [0.15, 0.2) is 48.9 Å². The summed E-state index contributed by atoms with van der Waals surface area (Å²) in [5, 5.41) is 13.8. The first-order valence-electron chi connectivity index (χ1n) is 7.51. The number of aryl methyl sites for hydroxylation is 2. The summed E-state index contributed by atoms with van der Waals surface area (Å²) in [6.07, 6.45) is 5.45. The minimum absolute atomic E-state index is 0.506. The van der Waals surface area contributed by atoms with Gasteiger partial charge in [-0.05, 0) is 31.2 Å². The smallest absolute Gasteiger partial charge is 0.144 e. The molecule has 4 rings (SSSR count). The second-order valence-electron chi connectivity index (χ2n) is 5.63. The van der Waals surface area contributed by atoms with Crippen LogP contribution in [0.2, 0.25) is 0 Å². The zero-order valence-electron chi connectivity index (χ0n) is 13.3. The van der Waals surface area contributed by atoms with Crippen molar-refractivity contribution < 1.29 is 0 Å². The molecule has 0 saturated carbocycles. The molecule has 0 aromatic carbocycles. The molecule has 0 amide bonds. The molecule has 0 aliphatic heterocycles. The maximum Gasteiger partial charge on any atom is 0.144 e. The lowest BCUT2D eigenvalue weighted by Gasteiger charge is -2.04. The number of nitrogens with zero attached hydrogens (tertiary/aromatic N) is 6. The van der Waals surface area contributed by atoms with E-state index in [1.165, 1.54) is 0 Å². The van der Waals surface area contributed by atoms with Gasteiger partial charge in [0.05, 0.1) is 11.9 Å². The highest BCUT2D eigenvalue weighted by Crippen LogP contribution is 2.30. The van der Waals surface area contributed by atoms with E-state index >= 15 is 0 Å². The van der Waals surface area contributed by atoms with Crippen molar-refractivity contribution in [2.24, 2.45) is 7.05 Å². The van der Waals surface area contributed by atoms with Crippen LogP contribution in [0, 0.1) is 18.3 Å². The SMILES string of the molecule is Cc1cccc(-c2nn(C)cc2-c2ccc3ncc(C#N)n3c2)n1. The van der Waals surface area contributed by atoms with Gasteiger partial charge in [-0.15, -0.1) is 0 Å². The Hall–Kier alpha value is -3.46. The average molecular weight is 314 g/mol. The second kappa shape index (κ2) is 5.32. The third-order valence-corrected chi connectivity index (χ3v) is 3.89. The molecule has 0 aliphatic carbocycles. The molecule has 0 aliphatic rings. The summed E-state index contributed by atoms with van der Waals surface area (Å²) in [6, 6.07) is 11.9. The summed E-state index contributed by atoms with van der Waals surface area (Å²) in [4.78, 5) is 8.81. The Bertz CT molecular complexity index is 1100. The van der Waals surface area contributed by atoms with E-state index in [4.69, 9.17) is 0 Å². The summed E-state index contributed by atoms with van der Waals surface area (Å²) in [6.45, 7) is 1.96. The Kier molecular flexibility index (Phi) is 3.14. The third kappa shape index (κ3) is 2.23. The topological polar surface area (TPSA) is 71.8 Å². The monoisotopic (exact) mass is 314 g/mol. The molecule has 0 bridgehead atoms. The van der Waals surface area contributed by atoms with Crippen LogP contribution in [0.4, 0.5) is 0 Å². The second-order valence-corrected chi connectivity index (χ2v) is 5.63. The normalized spacial score (nSPS) is 10.9. The fraction of sp³-hybridized carbons (Fsp3) is 0.111. The van der Waals surface area contributed by atoms with Gasteiger partial charge in [0.2, 0.25) is 0 Å². The zero-order chi connectivity index (χ0) is 16.7. The lowest BCUT2D eigenvalue weighted by Crippen LogP contribution is -1.92. The number of nitriles is 1. The van der Waals surface area contributed by atoms with Gasteiger partial charge in [0.15, 0.2) is 0 Å². The molecule has 24 heavy (non-hydrogen) atoms. The predicted octanol–water partition coefficient (Wildman–Crippen LogP) is 2.98. The van der Waals surface area contributed by atoms with Crippen LogP contribution in [-0.2, 0) is 7.05 Å². The lowest BCUT2D eigenvalue weighted by atomic mass is 10.1. The lowest BCUT2D eigenvalue weighted by molar-refractivity contribution is 0.770. The van der Waals surface area contributed by atoms with Crippen molar-refractivity contribution in [1.82, 2.24) is 24.1 Å².